The van der Waals surface area contributed by atoms with Gasteiger partial charge < -0.3 is 9.47 Å². The number of methoxy groups -OCH3 is 2. The minimum absolute atomic E-state index is 0.0656. The lowest BCUT2D eigenvalue weighted by molar-refractivity contribution is -0.141. The number of ether oxygens (including phenoxy) is 2. The van der Waals surface area contributed by atoms with E-state index in [1.807, 2.05) is 0 Å². The van der Waals surface area contributed by atoms with Crippen LogP contribution in [0, 0.1) is 5.92 Å². The third kappa shape index (κ3) is 53.0. The maximum absolute atomic E-state index is 11.0. The minimum atomic E-state index is -3.23. The van der Waals surface area contributed by atoms with E-state index >= 15 is 0 Å². The molecule has 0 aromatic carbocycles. The van der Waals surface area contributed by atoms with Crippen molar-refractivity contribution in [2.24, 2.45) is 5.92 Å². The van der Waals surface area contributed by atoms with Crippen molar-refractivity contribution in [2.75, 3.05) is 27.1 Å². The molecule has 8 heteroatoms. The molecule has 0 N–H and O–H groups in total. The first-order valence-electron chi connectivity index (χ1n) is 23.1. The maximum atomic E-state index is 11.0. The maximum Gasteiger partial charge on any atom is 0.305 e. The largest absolute Gasteiger partial charge is 0.469 e. The van der Waals surface area contributed by atoms with Gasteiger partial charge in [-0.3, -0.25) is 13.8 Å². The Bertz CT molecular complexity index is 846. The second-order valence-electron chi connectivity index (χ2n) is 15.6. The van der Waals surface area contributed by atoms with E-state index in [1.54, 1.807) is 0 Å². The summed E-state index contributed by atoms with van der Waals surface area (Å²) in [6, 6.07) is 0. The molecule has 0 saturated heterocycles. The molecule has 1 unspecified atom stereocenters. The second-order valence-corrected chi connectivity index (χ2v) is 17.5. The lowest BCUT2D eigenvalue weighted by Crippen LogP contribution is -2.07. The molecule has 54 heavy (non-hydrogen) atoms. The van der Waals surface area contributed by atoms with E-state index in [9.17, 15) is 18.0 Å². The predicted molar refractivity (Wildman–Crippen MR) is 233 cm³/mol. The fourth-order valence-corrected chi connectivity index (χ4v) is 7.09. The van der Waals surface area contributed by atoms with Crippen LogP contribution in [-0.4, -0.2) is 47.4 Å². The lowest BCUT2D eigenvalue weighted by Gasteiger charge is -2.07. The van der Waals surface area contributed by atoms with Gasteiger partial charge in [-0.25, -0.2) is 0 Å². The second kappa shape index (κ2) is 48.0. The van der Waals surface area contributed by atoms with Crippen LogP contribution in [0.5, 0.6) is 0 Å². The van der Waals surface area contributed by atoms with E-state index in [-0.39, 0.29) is 17.7 Å². The summed E-state index contributed by atoms with van der Waals surface area (Å²) in [5.74, 6) is 0.953. The summed E-state index contributed by atoms with van der Waals surface area (Å²) in [4.78, 5) is 21.7. The molecule has 326 valence electrons. The van der Waals surface area contributed by atoms with Crippen molar-refractivity contribution in [2.45, 2.75) is 252 Å². The van der Waals surface area contributed by atoms with Gasteiger partial charge in [0.15, 0.2) is 0 Å². The van der Waals surface area contributed by atoms with Crippen molar-refractivity contribution in [3.05, 3.63) is 0 Å². The SMILES string of the molecule is CCC(C)CCCCCCCCCCCCCCC(=O)OC.CCCCCCCCCCCC(=O)OC.CCCCCCCCCCCCS(=O)(=O)OC. The highest BCUT2D eigenvalue weighted by molar-refractivity contribution is 7.86. The molecule has 0 aliphatic rings. The van der Waals surface area contributed by atoms with Crippen molar-refractivity contribution in [1.29, 1.82) is 0 Å². The van der Waals surface area contributed by atoms with Crippen LogP contribution in [-0.2, 0) is 33.4 Å². The molecule has 0 saturated carbocycles. The Balaban J connectivity index is -0.000000738. The van der Waals surface area contributed by atoms with Crippen LogP contribution in [0.1, 0.15) is 252 Å². The average Bonchev–Trinajstić information content (AvgIpc) is 3.18. The zero-order chi connectivity index (χ0) is 40.8. The van der Waals surface area contributed by atoms with Crippen molar-refractivity contribution >= 4 is 22.1 Å². The van der Waals surface area contributed by atoms with E-state index in [1.165, 1.54) is 201 Å². The van der Waals surface area contributed by atoms with E-state index in [0.29, 0.717) is 12.8 Å². The normalized spacial score (nSPS) is 11.6. The number of unbranched alkanes of at least 4 members (excludes halogenated alkanes) is 28. The number of esters is 2. The summed E-state index contributed by atoms with van der Waals surface area (Å²) in [5.41, 5.74) is 0. The van der Waals surface area contributed by atoms with Gasteiger partial charge in [-0.05, 0) is 25.2 Å². The Morgan fingerprint density at radius 3 is 0.981 bits per heavy atom. The van der Waals surface area contributed by atoms with Crippen molar-refractivity contribution < 1.29 is 31.7 Å². The first-order valence-corrected chi connectivity index (χ1v) is 24.6. The van der Waals surface area contributed by atoms with Crippen LogP contribution in [0.3, 0.4) is 0 Å². The quantitative estimate of drug-likeness (QED) is 0.0349. The van der Waals surface area contributed by atoms with E-state index in [4.69, 9.17) is 0 Å². The van der Waals surface area contributed by atoms with Crippen molar-refractivity contribution in [3.8, 4) is 0 Å². The minimum Gasteiger partial charge on any atom is -0.469 e. The molecular formula is C46H94O7S. The van der Waals surface area contributed by atoms with Gasteiger partial charge in [0.25, 0.3) is 10.1 Å². The van der Waals surface area contributed by atoms with Gasteiger partial charge in [0.05, 0.1) is 27.1 Å². The molecule has 0 fully saturated rings. The topological polar surface area (TPSA) is 96.0 Å². The predicted octanol–water partition coefficient (Wildman–Crippen LogP) is 14.6. The number of rotatable bonds is 38. The first-order chi connectivity index (χ1) is 26.1. The monoisotopic (exact) mass is 791 g/mol. The van der Waals surface area contributed by atoms with Gasteiger partial charge >= 0.3 is 11.9 Å². The van der Waals surface area contributed by atoms with Crippen molar-refractivity contribution in [1.82, 2.24) is 0 Å². The summed E-state index contributed by atoms with van der Waals surface area (Å²) in [7, 11) is 0.921. The number of hydrogen-bond acceptors (Lipinski definition) is 7. The number of carbonyl (C=O) groups is 2. The van der Waals surface area contributed by atoms with Gasteiger partial charge in [-0.2, -0.15) is 8.42 Å². The fraction of sp³-hybridized carbons (Fsp3) is 0.957. The van der Waals surface area contributed by atoms with Crippen LogP contribution in [0.2, 0.25) is 0 Å². The highest BCUT2D eigenvalue weighted by Crippen LogP contribution is 2.16. The van der Waals surface area contributed by atoms with Crippen LogP contribution >= 0.6 is 0 Å². The summed E-state index contributed by atoms with van der Waals surface area (Å²) >= 11 is 0. The molecule has 0 amide bonds. The van der Waals surface area contributed by atoms with Crippen LogP contribution < -0.4 is 0 Å². The smallest absolute Gasteiger partial charge is 0.305 e. The first kappa shape index (κ1) is 57.2. The Labute approximate surface area is 338 Å². The molecule has 0 aliphatic carbocycles. The van der Waals surface area contributed by atoms with E-state index in [2.05, 4.69) is 41.4 Å². The highest BCUT2D eigenvalue weighted by Gasteiger charge is 2.07. The molecule has 0 heterocycles. The van der Waals surface area contributed by atoms with Gasteiger partial charge in [0.1, 0.15) is 0 Å². The molecule has 0 radical (unpaired) electrons. The molecule has 0 aromatic heterocycles. The van der Waals surface area contributed by atoms with Crippen LogP contribution in [0.25, 0.3) is 0 Å². The standard InChI is InChI=1S/C20H40O2.C13H28O3S.C13H26O2/c1-4-19(2)17-15-13-11-9-7-5-6-8-10-12-14-16-18-20(21)22-3;1-3-4-5-6-7-8-9-10-11-12-13-17(14,15)16-2;1-3-4-5-6-7-8-9-10-11-12-13(14)15-2/h19H,4-18H2,1-3H3;3-13H2,1-2H3;3-12H2,1-2H3. The Hall–Kier alpha value is -1.15. The molecule has 0 aliphatic heterocycles. The van der Waals surface area contributed by atoms with Gasteiger partial charge in [0, 0.05) is 12.8 Å². The molecule has 0 rings (SSSR count). The van der Waals surface area contributed by atoms with E-state index in [0.717, 1.165) is 38.0 Å². The molecule has 0 aromatic rings. The van der Waals surface area contributed by atoms with Gasteiger partial charge in [0.2, 0.25) is 0 Å². The van der Waals surface area contributed by atoms with E-state index < -0.39 is 10.1 Å². The summed E-state index contributed by atoms with van der Waals surface area (Å²) in [6.45, 7) is 9.14. The third-order valence-corrected chi connectivity index (χ3v) is 11.8. The third-order valence-electron chi connectivity index (χ3n) is 10.5. The zero-order valence-corrected chi connectivity index (χ0v) is 38.1. The summed E-state index contributed by atoms with van der Waals surface area (Å²) in [6.07, 6.45) is 43.7. The highest BCUT2D eigenvalue weighted by atomic mass is 32.2. The Morgan fingerprint density at radius 1 is 0.426 bits per heavy atom. The lowest BCUT2D eigenvalue weighted by atomic mass is 9.99. The fourth-order valence-electron chi connectivity index (χ4n) is 6.37. The number of carbonyl (C=O) groups excluding carboxylic acids is 2. The van der Waals surface area contributed by atoms with Crippen molar-refractivity contribution in [3.63, 3.8) is 0 Å². The Morgan fingerprint density at radius 2 is 0.704 bits per heavy atom. The summed E-state index contributed by atoms with van der Waals surface area (Å²) in [5, 5.41) is 0. The molecule has 0 spiro atoms. The van der Waals surface area contributed by atoms with Crippen LogP contribution in [0.15, 0.2) is 0 Å². The number of hydrogen-bond donors (Lipinski definition) is 0. The van der Waals surface area contributed by atoms with Crippen LogP contribution in [0.4, 0.5) is 0 Å². The molecule has 1 atom stereocenters. The van der Waals surface area contributed by atoms with Gasteiger partial charge in [-0.15, -0.1) is 0 Å². The average molecular weight is 791 g/mol. The molecule has 7 nitrogen and oxygen atoms in total. The zero-order valence-electron chi connectivity index (χ0n) is 37.3. The summed E-state index contributed by atoms with van der Waals surface area (Å²) < 4.78 is 35.6. The molecular weight excluding hydrogens is 697 g/mol. The molecule has 0 bridgehead atoms. The van der Waals surface area contributed by atoms with Gasteiger partial charge in [-0.1, -0.05) is 220 Å². The Kier molecular flexibility index (Phi) is 50.8.